The standard InChI is InChI=1S/C35H53NO/c1-22(2)25-14-19-35(36)21-20-33(6)27(30(25)35)12-13-29-32(5)17-15-26(23-8-10-24(37)11-9-23)31(3,4)28(32)16-18-34(29,33)7/h8,15,25,27-30H,1,9-14,16-21,36H2,2-7H3/t25-,27+,28-,29+,30+,32-,33+,34+,35-/m0/s1. The average molecular weight is 504 g/mol. The highest BCUT2D eigenvalue weighted by Gasteiger charge is 2.70. The van der Waals surface area contributed by atoms with Crippen LogP contribution in [0.3, 0.4) is 0 Å². The molecule has 2 N–H and O–H groups in total. The molecule has 0 aromatic rings. The Hall–Kier alpha value is -1.15. The fourth-order valence-corrected chi connectivity index (χ4v) is 12.3. The summed E-state index contributed by atoms with van der Waals surface area (Å²) in [4.78, 5) is 11.9. The van der Waals surface area contributed by atoms with Crippen LogP contribution in [-0.2, 0) is 4.79 Å². The van der Waals surface area contributed by atoms with Crippen LogP contribution in [0.5, 0.6) is 0 Å². The van der Waals surface area contributed by atoms with E-state index in [-0.39, 0.29) is 11.0 Å². The van der Waals surface area contributed by atoms with Gasteiger partial charge in [-0.1, -0.05) is 58.9 Å². The summed E-state index contributed by atoms with van der Waals surface area (Å²) in [6.45, 7) is 19.9. The van der Waals surface area contributed by atoms with Crippen LogP contribution in [0.1, 0.15) is 119 Å². The first kappa shape index (κ1) is 26.1. The van der Waals surface area contributed by atoms with Crippen LogP contribution in [0, 0.1) is 51.2 Å². The van der Waals surface area contributed by atoms with Crippen LogP contribution in [0.25, 0.3) is 0 Å². The quantitative estimate of drug-likeness (QED) is 0.383. The Bertz CT molecular complexity index is 1080. The molecule has 0 aromatic carbocycles. The number of carbonyl (C=O) groups is 1. The number of hydrogen-bond donors (Lipinski definition) is 1. The lowest BCUT2D eigenvalue weighted by atomic mass is 9.33. The SMILES string of the molecule is C=C(C)[C@@H]1CC[C@]2(N)CC[C@]3(C)[C@H](CC[C@@H]4[C@@]5(C)CC=C(C6=CCC(=O)CC6)C(C)(C)[C@@H]5CC[C@]43C)[C@@H]12. The van der Waals surface area contributed by atoms with Crippen LogP contribution < -0.4 is 5.73 Å². The van der Waals surface area contributed by atoms with Crippen molar-refractivity contribution < 1.29 is 4.79 Å². The van der Waals surface area contributed by atoms with Crippen molar-refractivity contribution in [2.75, 3.05) is 0 Å². The molecule has 0 aromatic heterocycles. The molecule has 0 spiro atoms. The van der Waals surface area contributed by atoms with E-state index in [1.54, 1.807) is 5.57 Å². The van der Waals surface area contributed by atoms with E-state index < -0.39 is 0 Å². The van der Waals surface area contributed by atoms with Gasteiger partial charge in [-0.2, -0.15) is 0 Å². The fourth-order valence-electron chi connectivity index (χ4n) is 12.3. The van der Waals surface area contributed by atoms with Gasteiger partial charge in [0.15, 0.2) is 0 Å². The van der Waals surface area contributed by atoms with Gasteiger partial charge in [0.2, 0.25) is 0 Å². The predicted molar refractivity (Wildman–Crippen MR) is 154 cm³/mol. The van der Waals surface area contributed by atoms with Gasteiger partial charge >= 0.3 is 0 Å². The molecule has 37 heavy (non-hydrogen) atoms. The Balaban J connectivity index is 1.36. The molecule has 204 valence electrons. The highest BCUT2D eigenvalue weighted by molar-refractivity contribution is 5.82. The summed E-state index contributed by atoms with van der Waals surface area (Å²) in [6, 6.07) is 0. The maximum Gasteiger partial charge on any atom is 0.137 e. The number of ketones is 1. The van der Waals surface area contributed by atoms with Crippen molar-refractivity contribution in [3.8, 4) is 0 Å². The van der Waals surface area contributed by atoms with Crippen LogP contribution in [0.4, 0.5) is 0 Å². The second-order valence-corrected chi connectivity index (χ2v) is 15.9. The molecule has 9 atom stereocenters. The molecule has 0 unspecified atom stereocenters. The van der Waals surface area contributed by atoms with Crippen molar-refractivity contribution in [3.05, 3.63) is 35.5 Å². The number of Topliss-reactive ketones (excluding diaryl/α,β-unsaturated/α-hetero) is 1. The number of hydrogen-bond acceptors (Lipinski definition) is 2. The minimum Gasteiger partial charge on any atom is -0.325 e. The van der Waals surface area contributed by atoms with Crippen LogP contribution >= 0.6 is 0 Å². The van der Waals surface area contributed by atoms with E-state index in [0.717, 1.165) is 24.7 Å². The minimum atomic E-state index is 0.0394. The van der Waals surface area contributed by atoms with E-state index in [1.807, 2.05) is 0 Å². The van der Waals surface area contributed by atoms with Crippen molar-refractivity contribution in [1.82, 2.24) is 0 Å². The van der Waals surface area contributed by atoms with E-state index in [9.17, 15) is 4.79 Å². The van der Waals surface area contributed by atoms with Crippen molar-refractivity contribution in [3.63, 3.8) is 0 Å². The Kier molecular flexibility index (Phi) is 5.77. The van der Waals surface area contributed by atoms with Crippen LogP contribution in [-0.4, -0.2) is 11.3 Å². The third kappa shape index (κ3) is 3.36. The van der Waals surface area contributed by atoms with Gasteiger partial charge in [0.1, 0.15) is 5.78 Å². The van der Waals surface area contributed by atoms with E-state index >= 15 is 0 Å². The number of fused-ring (bicyclic) bond motifs is 7. The summed E-state index contributed by atoms with van der Waals surface area (Å²) in [5.41, 5.74) is 13.0. The summed E-state index contributed by atoms with van der Waals surface area (Å²) in [5.74, 6) is 3.88. The topological polar surface area (TPSA) is 43.1 Å². The van der Waals surface area contributed by atoms with E-state index in [1.165, 1.54) is 68.9 Å². The van der Waals surface area contributed by atoms with Crippen molar-refractivity contribution in [1.29, 1.82) is 0 Å². The summed E-state index contributed by atoms with van der Waals surface area (Å²) in [5, 5.41) is 0. The van der Waals surface area contributed by atoms with Gasteiger partial charge in [-0.15, -0.1) is 0 Å². The Morgan fingerprint density at radius 1 is 0.892 bits per heavy atom. The number of rotatable bonds is 2. The smallest absolute Gasteiger partial charge is 0.137 e. The third-order valence-electron chi connectivity index (χ3n) is 14.3. The lowest BCUT2D eigenvalue weighted by molar-refractivity contribution is -0.219. The zero-order chi connectivity index (χ0) is 26.6. The molecule has 6 aliphatic carbocycles. The first-order valence-corrected chi connectivity index (χ1v) is 15.6. The molecule has 4 saturated carbocycles. The molecular formula is C35H53NO. The molecule has 6 aliphatic rings. The normalized spacial score (nSPS) is 50.7. The Morgan fingerprint density at radius 2 is 1.65 bits per heavy atom. The predicted octanol–water partition coefficient (Wildman–Crippen LogP) is 8.57. The second-order valence-electron chi connectivity index (χ2n) is 15.9. The van der Waals surface area contributed by atoms with Crippen LogP contribution in [0.2, 0.25) is 0 Å². The molecule has 6 rings (SSSR count). The average Bonchev–Trinajstić information content (AvgIpc) is 3.18. The van der Waals surface area contributed by atoms with Gasteiger partial charge in [-0.25, -0.2) is 0 Å². The van der Waals surface area contributed by atoms with Crippen molar-refractivity contribution in [2.45, 2.75) is 124 Å². The first-order valence-electron chi connectivity index (χ1n) is 15.6. The fraction of sp³-hybridized carbons (Fsp3) is 0.800. The Labute approximate surface area is 227 Å². The van der Waals surface area contributed by atoms with Crippen molar-refractivity contribution >= 4 is 5.78 Å². The Morgan fingerprint density at radius 3 is 2.32 bits per heavy atom. The highest BCUT2D eigenvalue weighted by Crippen LogP contribution is 2.76. The van der Waals surface area contributed by atoms with Crippen LogP contribution in [0.15, 0.2) is 35.5 Å². The third-order valence-corrected chi connectivity index (χ3v) is 14.3. The lowest BCUT2D eigenvalue weighted by Crippen LogP contribution is -2.67. The molecule has 2 nitrogen and oxygen atoms in total. The van der Waals surface area contributed by atoms with Gasteiger partial charge in [0, 0.05) is 18.4 Å². The molecule has 2 heteroatoms. The maximum atomic E-state index is 11.9. The summed E-state index contributed by atoms with van der Waals surface area (Å²) in [6.07, 6.45) is 18.8. The molecule has 0 heterocycles. The molecule has 0 aliphatic heterocycles. The first-order chi connectivity index (χ1) is 17.3. The minimum absolute atomic E-state index is 0.0394. The number of carbonyl (C=O) groups excluding carboxylic acids is 1. The molecule has 0 radical (unpaired) electrons. The number of nitrogens with two attached hydrogens (primary N) is 1. The summed E-state index contributed by atoms with van der Waals surface area (Å²) in [7, 11) is 0. The maximum absolute atomic E-state index is 11.9. The summed E-state index contributed by atoms with van der Waals surface area (Å²) < 4.78 is 0. The zero-order valence-corrected chi connectivity index (χ0v) is 24.7. The molecule has 0 amide bonds. The van der Waals surface area contributed by atoms with Gasteiger partial charge < -0.3 is 5.73 Å². The van der Waals surface area contributed by atoms with Gasteiger partial charge in [-0.3, -0.25) is 4.79 Å². The van der Waals surface area contributed by atoms with E-state index in [0.29, 0.717) is 46.2 Å². The second kappa shape index (κ2) is 8.18. The van der Waals surface area contributed by atoms with Gasteiger partial charge in [0.25, 0.3) is 0 Å². The lowest BCUT2D eigenvalue weighted by Gasteiger charge is -2.72. The summed E-state index contributed by atoms with van der Waals surface area (Å²) >= 11 is 0. The number of allylic oxidation sites excluding steroid dienone is 5. The zero-order valence-electron chi connectivity index (χ0n) is 24.7. The van der Waals surface area contributed by atoms with E-state index in [2.05, 4.69) is 60.3 Å². The van der Waals surface area contributed by atoms with Gasteiger partial charge in [-0.05, 0) is 134 Å². The van der Waals surface area contributed by atoms with Gasteiger partial charge in [0.05, 0.1) is 0 Å². The molecular weight excluding hydrogens is 450 g/mol. The molecule has 0 saturated heterocycles. The van der Waals surface area contributed by atoms with E-state index in [4.69, 9.17) is 5.73 Å². The highest BCUT2D eigenvalue weighted by atomic mass is 16.1. The molecule has 4 fully saturated rings. The monoisotopic (exact) mass is 503 g/mol. The van der Waals surface area contributed by atoms with Crippen molar-refractivity contribution in [2.24, 2.45) is 57.0 Å². The molecule has 0 bridgehead atoms. The largest absolute Gasteiger partial charge is 0.325 e.